The molecule has 23 heavy (non-hydrogen) atoms. The van der Waals surface area contributed by atoms with Gasteiger partial charge in [0.15, 0.2) is 0 Å². The number of nitrogens with one attached hydrogen (secondary N) is 2. The smallest absolute Gasteiger partial charge is 0.313 e. The van der Waals surface area contributed by atoms with Gasteiger partial charge < -0.3 is 16.4 Å². The molecule has 2 amide bonds. The van der Waals surface area contributed by atoms with Gasteiger partial charge in [-0.05, 0) is 35.7 Å². The average Bonchev–Trinajstić information content (AvgIpc) is 2.56. The number of halogens is 1. The molecule has 0 unspecified atom stereocenters. The summed E-state index contributed by atoms with van der Waals surface area (Å²) in [6, 6.07) is 12.6. The number of carbonyl (C=O) groups is 2. The molecule has 0 spiro atoms. The van der Waals surface area contributed by atoms with Crippen LogP contribution in [0.1, 0.15) is 16.7 Å². The number of hydrogen-bond acceptors (Lipinski definition) is 3. The average molecular weight is 332 g/mol. The van der Waals surface area contributed by atoms with Gasteiger partial charge in [0.05, 0.1) is 0 Å². The van der Waals surface area contributed by atoms with Gasteiger partial charge in [0.1, 0.15) is 0 Å². The number of amides is 2. The first kappa shape index (κ1) is 17.0. The van der Waals surface area contributed by atoms with Crippen molar-refractivity contribution >= 4 is 29.1 Å². The summed E-state index contributed by atoms with van der Waals surface area (Å²) in [6.07, 6.45) is 0. The van der Waals surface area contributed by atoms with E-state index in [-0.39, 0.29) is 6.54 Å². The highest BCUT2D eigenvalue weighted by molar-refractivity contribution is 6.40. The lowest BCUT2D eigenvalue weighted by Crippen LogP contribution is -2.35. The topological polar surface area (TPSA) is 84.2 Å². The fraction of sp³-hybridized carbons (Fsp3) is 0.176. The minimum atomic E-state index is -0.731. The summed E-state index contributed by atoms with van der Waals surface area (Å²) in [7, 11) is 0. The number of hydrogen-bond donors (Lipinski definition) is 3. The van der Waals surface area contributed by atoms with Crippen LogP contribution in [0, 0.1) is 6.92 Å². The summed E-state index contributed by atoms with van der Waals surface area (Å²) in [6.45, 7) is 2.51. The molecule has 0 aliphatic rings. The van der Waals surface area contributed by atoms with E-state index in [2.05, 4.69) is 10.6 Å². The quantitative estimate of drug-likeness (QED) is 0.752. The van der Waals surface area contributed by atoms with Crippen LogP contribution in [0.25, 0.3) is 0 Å². The van der Waals surface area contributed by atoms with Gasteiger partial charge >= 0.3 is 11.8 Å². The second-order valence-electron chi connectivity index (χ2n) is 5.12. The summed E-state index contributed by atoms with van der Waals surface area (Å²) in [5, 5.41) is 5.62. The first-order valence-corrected chi connectivity index (χ1v) is 7.50. The Labute approximate surface area is 139 Å². The van der Waals surface area contributed by atoms with Gasteiger partial charge in [-0.3, -0.25) is 9.59 Å². The van der Waals surface area contributed by atoms with Gasteiger partial charge in [-0.25, -0.2) is 0 Å². The molecule has 0 radical (unpaired) electrons. The van der Waals surface area contributed by atoms with Crippen molar-refractivity contribution < 1.29 is 9.59 Å². The lowest BCUT2D eigenvalue weighted by Gasteiger charge is -2.09. The molecule has 5 nitrogen and oxygen atoms in total. The fourth-order valence-corrected chi connectivity index (χ4v) is 2.21. The Balaban J connectivity index is 1.94. The van der Waals surface area contributed by atoms with E-state index in [9.17, 15) is 9.59 Å². The van der Waals surface area contributed by atoms with E-state index < -0.39 is 11.8 Å². The van der Waals surface area contributed by atoms with Crippen molar-refractivity contribution in [3.8, 4) is 0 Å². The Morgan fingerprint density at radius 3 is 2.57 bits per heavy atom. The van der Waals surface area contributed by atoms with E-state index in [1.807, 2.05) is 31.2 Å². The Hall–Kier alpha value is -2.37. The molecule has 0 fully saturated rings. The van der Waals surface area contributed by atoms with Crippen LogP contribution >= 0.6 is 11.6 Å². The standard InChI is InChI=1S/C17H18ClN3O2/c1-11-5-6-14(18)8-15(11)21-17(23)16(22)20-10-13-4-2-3-12(7-13)9-19/h2-8H,9-10,19H2,1H3,(H,20,22)(H,21,23). The van der Waals surface area contributed by atoms with Crippen LogP contribution in [-0.4, -0.2) is 11.8 Å². The third-order valence-corrected chi connectivity index (χ3v) is 3.57. The van der Waals surface area contributed by atoms with E-state index in [0.717, 1.165) is 16.7 Å². The van der Waals surface area contributed by atoms with Crippen molar-refractivity contribution in [3.63, 3.8) is 0 Å². The molecule has 2 aromatic rings. The van der Waals surface area contributed by atoms with Crippen LogP contribution in [0.2, 0.25) is 5.02 Å². The minimum absolute atomic E-state index is 0.259. The molecule has 2 aromatic carbocycles. The van der Waals surface area contributed by atoms with Crippen molar-refractivity contribution in [1.29, 1.82) is 0 Å². The highest BCUT2D eigenvalue weighted by atomic mass is 35.5. The third-order valence-electron chi connectivity index (χ3n) is 3.33. The zero-order chi connectivity index (χ0) is 16.8. The number of aryl methyl sites for hydroxylation is 1. The van der Waals surface area contributed by atoms with Crippen LogP contribution < -0.4 is 16.4 Å². The maximum absolute atomic E-state index is 11.9. The van der Waals surface area contributed by atoms with E-state index in [1.54, 1.807) is 18.2 Å². The molecule has 0 aliphatic heterocycles. The number of rotatable bonds is 4. The van der Waals surface area contributed by atoms with Crippen molar-refractivity contribution in [2.24, 2.45) is 5.73 Å². The van der Waals surface area contributed by atoms with E-state index in [4.69, 9.17) is 17.3 Å². The summed E-state index contributed by atoms with van der Waals surface area (Å²) in [5.41, 5.74) is 8.77. The van der Waals surface area contributed by atoms with Crippen molar-refractivity contribution in [2.45, 2.75) is 20.0 Å². The normalized spacial score (nSPS) is 10.2. The molecule has 2 rings (SSSR count). The SMILES string of the molecule is Cc1ccc(Cl)cc1NC(=O)C(=O)NCc1cccc(CN)c1. The van der Waals surface area contributed by atoms with Crippen LogP contribution in [0.3, 0.4) is 0 Å². The third kappa shape index (κ3) is 4.81. The Kier molecular flexibility index (Phi) is 5.73. The Bertz CT molecular complexity index is 732. The number of carbonyl (C=O) groups excluding carboxylic acids is 2. The predicted molar refractivity (Wildman–Crippen MR) is 91.0 cm³/mol. The molecule has 4 N–H and O–H groups in total. The summed E-state index contributed by atoms with van der Waals surface area (Å²) < 4.78 is 0. The van der Waals surface area contributed by atoms with Gasteiger partial charge in [-0.2, -0.15) is 0 Å². The molecule has 0 saturated carbocycles. The Morgan fingerprint density at radius 2 is 1.83 bits per heavy atom. The van der Waals surface area contributed by atoms with Crippen LogP contribution in [0.4, 0.5) is 5.69 Å². The van der Waals surface area contributed by atoms with Gasteiger partial charge in [0, 0.05) is 23.8 Å². The summed E-state index contributed by atoms with van der Waals surface area (Å²) >= 11 is 5.89. The van der Waals surface area contributed by atoms with E-state index >= 15 is 0 Å². The highest BCUT2D eigenvalue weighted by Crippen LogP contribution is 2.19. The molecular weight excluding hydrogens is 314 g/mol. The first-order valence-electron chi connectivity index (χ1n) is 7.13. The predicted octanol–water partition coefficient (Wildman–Crippen LogP) is 2.36. The van der Waals surface area contributed by atoms with Crippen LogP contribution in [-0.2, 0) is 22.7 Å². The lowest BCUT2D eigenvalue weighted by atomic mass is 10.1. The summed E-state index contributed by atoms with van der Waals surface area (Å²) in [5.74, 6) is -1.44. The zero-order valence-corrected chi connectivity index (χ0v) is 13.5. The highest BCUT2D eigenvalue weighted by Gasteiger charge is 2.14. The maximum Gasteiger partial charge on any atom is 0.313 e. The van der Waals surface area contributed by atoms with Gasteiger partial charge in [-0.1, -0.05) is 41.9 Å². The molecule has 0 aliphatic carbocycles. The van der Waals surface area contributed by atoms with E-state index in [1.165, 1.54) is 0 Å². The molecule has 0 heterocycles. The largest absolute Gasteiger partial charge is 0.344 e. The molecule has 0 saturated heterocycles. The number of anilines is 1. The number of nitrogens with two attached hydrogens (primary N) is 1. The second kappa shape index (κ2) is 7.76. The molecular formula is C17H18ClN3O2. The number of benzene rings is 2. The van der Waals surface area contributed by atoms with E-state index in [0.29, 0.717) is 17.3 Å². The van der Waals surface area contributed by atoms with Crippen molar-refractivity contribution in [3.05, 3.63) is 64.2 Å². The molecule has 6 heteroatoms. The fourth-order valence-electron chi connectivity index (χ4n) is 2.04. The van der Waals surface area contributed by atoms with Gasteiger partial charge in [0.25, 0.3) is 0 Å². The van der Waals surface area contributed by atoms with Crippen LogP contribution in [0.15, 0.2) is 42.5 Å². The second-order valence-corrected chi connectivity index (χ2v) is 5.56. The lowest BCUT2D eigenvalue weighted by molar-refractivity contribution is -0.136. The van der Waals surface area contributed by atoms with Gasteiger partial charge in [0.2, 0.25) is 0 Å². The summed E-state index contributed by atoms with van der Waals surface area (Å²) in [4.78, 5) is 23.8. The molecule has 0 bridgehead atoms. The first-order chi connectivity index (χ1) is 11.0. The molecule has 0 aromatic heterocycles. The van der Waals surface area contributed by atoms with Crippen molar-refractivity contribution in [2.75, 3.05) is 5.32 Å². The van der Waals surface area contributed by atoms with Crippen molar-refractivity contribution in [1.82, 2.24) is 5.32 Å². The molecule has 0 atom stereocenters. The molecule has 120 valence electrons. The monoisotopic (exact) mass is 331 g/mol. The van der Waals surface area contributed by atoms with Crippen LogP contribution in [0.5, 0.6) is 0 Å². The zero-order valence-electron chi connectivity index (χ0n) is 12.7. The van der Waals surface area contributed by atoms with Gasteiger partial charge in [-0.15, -0.1) is 0 Å². The Morgan fingerprint density at radius 1 is 1.09 bits per heavy atom. The maximum atomic E-state index is 11.9. The minimum Gasteiger partial charge on any atom is -0.344 e.